The van der Waals surface area contributed by atoms with Crippen LogP contribution in [0.15, 0.2) is 48.8 Å². The van der Waals surface area contributed by atoms with Gasteiger partial charge in [0.05, 0.1) is 17.9 Å². The molecule has 0 radical (unpaired) electrons. The van der Waals surface area contributed by atoms with Crippen LogP contribution in [0.5, 0.6) is 0 Å². The molecule has 0 aromatic carbocycles. The molecule has 0 saturated heterocycles. The number of carbonyl (C=O) groups is 1. The van der Waals surface area contributed by atoms with Crippen molar-refractivity contribution in [3.63, 3.8) is 0 Å². The molecule has 2 heterocycles. The van der Waals surface area contributed by atoms with Crippen molar-refractivity contribution in [1.29, 1.82) is 0 Å². The average Bonchev–Trinajstić information content (AvgIpc) is 2.46. The second kappa shape index (κ2) is 5.88. The summed E-state index contributed by atoms with van der Waals surface area (Å²) >= 11 is 0. The van der Waals surface area contributed by atoms with Gasteiger partial charge in [-0.15, -0.1) is 0 Å². The fourth-order valence-corrected chi connectivity index (χ4v) is 1.61. The van der Waals surface area contributed by atoms with Gasteiger partial charge in [-0.25, -0.2) is 0 Å². The van der Waals surface area contributed by atoms with Crippen LogP contribution in [0.3, 0.4) is 0 Å². The molecule has 0 unspecified atom stereocenters. The number of hydrogen-bond donors (Lipinski definition) is 2. The lowest BCUT2D eigenvalue weighted by molar-refractivity contribution is -0.120. The molecule has 2 aromatic heterocycles. The van der Waals surface area contributed by atoms with Gasteiger partial charge in [-0.05, 0) is 24.3 Å². The molecule has 0 aliphatic rings. The molecule has 0 aliphatic carbocycles. The Kier molecular flexibility index (Phi) is 3.98. The molecule has 0 atom stereocenters. The molecular weight excluding hydrogens is 228 g/mol. The molecule has 0 aliphatic heterocycles. The lowest BCUT2D eigenvalue weighted by Crippen LogP contribution is -2.35. The van der Waals surface area contributed by atoms with Gasteiger partial charge in [0.15, 0.2) is 0 Å². The highest BCUT2D eigenvalue weighted by atomic mass is 16.1. The summed E-state index contributed by atoms with van der Waals surface area (Å²) in [5, 5.41) is 2.81. The van der Waals surface area contributed by atoms with E-state index in [2.05, 4.69) is 15.3 Å². The number of aromatic nitrogens is 2. The molecule has 3 N–H and O–H groups in total. The first-order valence-electron chi connectivity index (χ1n) is 5.62. The van der Waals surface area contributed by atoms with Crippen LogP contribution in [0, 0.1) is 0 Å². The van der Waals surface area contributed by atoms with Crippen molar-refractivity contribution in [2.45, 2.75) is 6.04 Å². The Balaban J connectivity index is 2.32. The number of hydrogen-bond acceptors (Lipinski definition) is 4. The van der Waals surface area contributed by atoms with E-state index in [-0.39, 0.29) is 18.5 Å². The monoisotopic (exact) mass is 242 g/mol. The van der Waals surface area contributed by atoms with Crippen molar-refractivity contribution in [2.75, 3.05) is 6.54 Å². The van der Waals surface area contributed by atoms with E-state index in [0.717, 1.165) is 11.4 Å². The van der Waals surface area contributed by atoms with Crippen LogP contribution in [-0.4, -0.2) is 22.4 Å². The van der Waals surface area contributed by atoms with E-state index in [1.54, 1.807) is 12.4 Å². The van der Waals surface area contributed by atoms with Gasteiger partial charge in [0.1, 0.15) is 6.04 Å². The summed E-state index contributed by atoms with van der Waals surface area (Å²) in [4.78, 5) is 20.0. The third-order valence-electron chi connectivity index (χ3n) is 2.46. The maximum Gasteiger partial charge on any atom is 0.234 e. The molecule has 18 heavy (non-hydrogen) atoms. The number of nitrogens with zero attached hydrogens (tertiary/aromatic N) is 2. The van der Waals surface area contributed by atoms with Crippen LogP contribution in [0.1, 0.15) is 17.4 Å². The van der Waals surface area contributed by atoms with Crippen LogP contribution in [0.2, 0.25) is 0 Å². The molecular formula is C13H14N4O. The van der Waals surface area contributed by atoms with Crippen LogP contribution in [0.4, 0.5) is 0 Å². The lowest BCUT2D eigenvalue weighted by Gasteiger charge is -2.17. The van der Waals surface area contributed by atoms with Gasteiger partial charge in [0, 0.05) is 12.4 Å². The summed E-state index contributed by atoms with van der Waals surface area (Å²) in [5.41, 5.74) is 6.79. The highest BCUT2D eigenvalue weighted by molar-refractivity contribution is 5.78. The Hall–Kier alpha value is -2.27. The Morgan fingerprint density at radius 2 is 1.67 bits per heavy atom. The Morgan fingerprint density at radius 3 is 2.06 bits per heavy atom. The van der Waals surface area contributed by atoms with Crippen LogP contribution in [0.25, 0.3) is 0 Å². The minimum atomic E-state index is -0.372. The molecule has 0 saturated carbocycles. The molecule has 5 nitrogen and oxygen atoms in total. The fourth-order valence-electron chi connectivity index (χ4n) is 1.61. The summed E-state index contributed by atoms with van der Waals surface area (Å²) in [6.45, 7) is -0.0594. The zero-order chi connectivity index (χ0) is 12.8. The minimum absolute atomic E-state index is 0.0594. The van der Waals surface area contributed by atoms with E-state index in [0.29, 0.717) is 0 Å². The van der Waals surface area contributed by atoms with Crippen LogP contribution >= 0.6 is 0 Å². The van der Waals surface area contributed by atoms with Crippen LogP contribution < -0.4 is 11.1 Å². The van der Waals surface area contributed by atoms with Gasteiger partial charge < -0.3 is 11.1 Å². The van der Waals surface area contributed by atoms with E-state index >= 15 is 0 Å². The summed E-state index contributed by atoms with van der Waals surface area (Å²) in [7, 11) is 0. The number of amides is 1. The van der Waals surface area contributed by atoms with Crippen molar-refractivity contribution < 1.29 is 4.79 Å². The second-order valence-electron chi connectivity index (χ2n) is 3.71. The Morgan fingerprint density at radius 1 is 1.11 bits per heavy atom. The summed E-state index contributed by atoms with van der Waals surface area (Å²) < 4.78 is 0. The molecule has 2 aromatic rings. The number of carbonyl (C=O) groups excluding carboxylic acids is 1. The number of pyridine rings is 2. The Labute approximate surface area is 105 Å². The van der Waals surface area contributed by atoms with Gasteiger partial charge >= 0.3 is 0 Å². The maximum absolute atomic E-state index is 11.5. The van der Waals surface area contributed by atoms with Crippen molar-refractivity contribution >= 4 is 5.91 Å². The van der Waals surface area contributed by atoms with Crippen molar-refractivity contribution in [3.8, 4) is 0 Å². The molecule has 0 fully saturated rings. The van der Waals surface area contributed by atoms with Crippen LogP contribution in [-0.2, 0) is 4.79 Å². The largest absolute Gasteiger partial charge is 0.341 e. The van der Waals surface area contributed by atoms with Crippen molar-refractivity contribution in [3.05, 3.63) is 60.2 Å². The summed E-state index contributed by atoms with van der Waals surface area (Å²) in [6.07, 6.45) is 3.36. The van der Waals surface area contributed by atoms with Gasteiger partial charge in [-0.3, -0.25) is 14.8 Å². The summed E-state index contributed by atoms with van der Waals surface area (Å²) in [6, 6.07) is 10.7. The average molecular weight is 242 g/mol. The zero-order valence-corrected chi connectivity index (χ0v) is 9.78. The van der Waals surface area contributed by atoms with Gasteiger partial charge in [0.25, 0.3) is 0 Å². The van der Waals surface area contributed by atoms with E-state index < -0.39 is 0 Å². The minimum Gasteiger partial charge on any atom is -0.341 e. The fraction of sp³-hybridized carbons (Fsp3) is 0.154. The van der Waals surface area contributed by atoms with E-state index in [1.165, 1.54) is 0 Å². The molecule has 92 valence electrons. The molecule has 5 heteroatoms. The second-order valence-corrected chi connectivity index (χ2v) is 3.71. The first-order valence-corrected chi connectivity index (χ1v) is 5.62. The van der Waals surface area contributed by atoms with E-state index in [4.69, 9.17) is 5.73 Å². The smallest absolute Gasteiger partial charge is 0.234 e. The number of nitrogens with two attached hydrogens (primary N) is 1. The van der Waals surface area contributed by atoms with Gasteiger partial charge in [-0.1, -0.05) is 12.1 Å². The van der Waals surface area contributed by atoms with Gasteiger partial charge in [-0.2, -0.15) is 0 Å². The molecule has 0 bridgehead atoms. The first kappa shape index (κ1) is 12.2. The normalized spacial score (nSPS) is 10.3. The molecule has 0 spiro atoms. The van der Waals surface area contributed by atoms with E-state index in [9.17, 15) is 4.79 Å². The highest BCUT2D eigenvalue weighted by Gasteiger charge is 2.17. The van der Waals surface area contributed by atoms with Crippen molar-refractivity contribution in [1.82, 2.24) is 15.3 Å². The Bertz CT molecular complexity index is 461. The third-order valence-corrected chi connectivity index (χ3v) is 2.46. The summed E-state index contributed by atoms with van der Waals surface area (Å²) in [5.74, 6) is -0.240. The lowest BCUT2D eigenvalue weighted by atomic mass is 10.1. The molecule has 2 rings (SSSR count). The number of nitrogens with one attached hydrogen (secondary N) is 1. The number of rotatable bonds is 4. The predicted octanol–water partition coefficient (Wildman–Crippen LogP) is 0.641. The van der Waals surface area contributed by atoms with Crippen molar-refractivity contribution in [2.24, 2.45) is 5.73 Å². The highest BCUT2D eigenvalue weighted by Crippen LogP contribution is 2.17. The predicted molar refractivity (Wildman–Crippen MR) is 67.5 cm³/mol. The molecule has 1 amide bonds. The standard InChI is InChI=1S/C13H14N4O/c14-9-12(18)17-13(10-5-1-3-7-15-10)11-6-2-4-8-16-11/h1-8,13H,9,14H2,(H,17,18). The maximum atomic E-state index is 11.5. The quantitative estimate of drug-likeness (QED) is 0.824. The zero-order valence-electron chi connectivity index (χ0n) is 9.78. The SMILES string of the molecule is NCC(=O)NC(c1ccccn1)c1ccccn1. The topological polar surface area (TPSA) is 80.9 Å². The van der Waals surface area contributed by atoms with E-state index in [1.807, 2.05) is 36.4 Å². The first-order chi connectivity index (χ1) is 8.81. The van der Waals surface area contributed by atoms with Gasteiger partial charge in [0.2, 0.25) is 5.91 Å². The third kappa shape index (κ3) is 2.89.